The van der Waals surface area contributed by atoms with Gasteiger partial charge in [-0.05, 0) is 22.0 Å². The van der Waals surface area contributed by atoms with E-state index < -0.39 is 4.92 Å². The third kappa shape index (κ3) is 3.23. The lowest BCUT2D eigenvalue weighted by Crippen LogP contribution is -1.97. The van der Waals surface area contributed by atoms with Crippen LogP contribution in [-0.4, -0.2) is 19.5 Å². The molecule has 7 nitrogen and oxygen atoms in total. The lowest BCUT2D eigenvalue weighted by molar-refractivity contribution is -0.389. The fourth-order valence-electron chi connectivity index (χ4n) is 1.80. The molecule has 0 saturated heterocycles. The molecule has 2 heterocycles. The summed E-state index contributed by atoms with van der Waals surface area (Å²) in [5, 5.41) is 16.5. The van der Waals surface area contributed by atoms with Gasteiger partial charge in [0, 0.05) is 11.1 Å². The molecule has 2 aromatic heterocycles. The number of nitro groups is 1. The minimum absolute atomic E-state index is 0.159. The van der Waals surface area contributed by atoms with Crippen molar-refractivity contribution in [2.75, 3.05) is 5.32 Å². The van der Waals surface area contributed by atoms with Crippen LogP contribution >= 0.6 is 11.3 Å². The number of thiazole rings is 1. The lowest BCUT2D eigenvalue weighted by atomic mass is 10.3. The second kappa shape index (κ2) is 5.71. The van der Waals surface area contributed by atoms with E-state index in [2.05, 4.69) is 15.3 Å². The molecular formula is C13H11N5O2S. The van der Waals surface area contributed by atoms with Gasteiger partial charge in [0.05, 0.1) is 12.2 Å². The largest absolute Gasteiger partial charge is 0.381 e. The molecule has 1 N–H and O–H groups in total. The molecule has 0 amide bonds. The number of imidazole rings is 1. The predicted octanol–water partition coefficient (Wildman–Crippen LogP) is 3.04. The zero-order chi connectivity index (χ0) is 14.7. The molecule has 0 aliphatic heterocycles. The van der Waals surface area contributed by atoms with Crippen LogP contribution in [0.15, 0.2) is 48.2 Å². The van der Waals surface area contributed by atoms with Gasteiger partial charge >= 0.3 is 5.82 Å². The maximum atomic E-state index is 10.6. The number of rotatable bonds is 5. The second-order valence-corrected chi connectivity index (χ2v) is 5.15. The Morgan fingerprint density at radius 3 is 2.86 bits per heavy atom. The molecule has 0 spiro atoms. The Labute approximate surface area is 124 Å². The highest BCUT2D eigenvalue weighted by Gasteiger charge is 2.11. The maximum Gasteiger partial charge on any atom is 0.381 e. The highest BCUT2D eigenvalue weighted by molar-refractivity contribution is 7.13. The average Bonchev–Trinajstić information content (AvgIpc) is 3.10. The minimum atomic E-state index is -0.514. The first-order chi connectivity index (χ1) is 10.2. The van der Waals surface area contributed by atoms with Gasteiger partial charge in [0.25, 0.3) is 0 Å². The molecule has 0 radical (unpaired) electrons. The predicted molar refractivity (Wildman–Crippen MR) is 79.8 cm³/mol. The van der Waals surface area contributed by atoms with E-state index in [4.69, 9.17) is 0 Å². The summed E-state index contributed by atoms with van der Waals surface area (Å²) >= 11 is 1.49. The zero-order valence-electron chi connectivity index (χ0n) is 10.8. The molecule has 0 aliphatic rings. The van der Waals surface area contributed by atoms with Gasteiger partial charge in [-0.15, -0.1) is 11.3 Å². The van der Waals surface area contributed by atoms with Gasteiger partial charge in [0.1, 0.15) is 6.20 Å². The fourth-order valence-corrected chi connectivity index (χ4v) is 2.52. The van der Waals surface area contributed by atoms with Gasteiger partial charge in [-0.2, -0.15) is 0 Å². The van der Waals surface area contributed by atoms with Gasteiger partial charge < -0.3 is 20.0 Å². The molecule has 3 aromatic rings. The molecule has 0 bridgehead atoms. The van der Waals surface area contributed by atoms with Crippen LogP contribution in [0.25, 0.3) is 0 Å². The maximum absolute atomic E-state index is 10.6. The van der Waals surface area contributed by atoms with E-state index in [0.29, 0.717) is 6.54 Å². The highest BCUT2D eigenvalue weighted by atomic mass is 32.1. The third-order valence-corrected chi connectivity index (χ3v) is 3.53. The van der Waals surface area contributed by atoms with Crippen molar-refractivity contribution < 1.29 is 4.92 Å². The van der Waals surface area contributed by atoms with Gasteiger partial charge in [-0.25, -0.2) is 4.98 Å². The number of anilines is 2. The van der Waals surface area contributed by atoms with Crippen LogP contribution in [-0.2, 0) is 6.54 Å². The summed E-state index contributed by atoms with van der Waals surface area (Å²) in [5.74, 6) is -0.159. The van der Waals surface area contributed by atoms with E-state index in [1.165, 1.54) is 23.9 Å². The molecule has 0 atom stereocenters. The van der Waals surface area contributed by atoms with Crippen molar-refractivity contribution in [1.29, 1.82) is 0 Å². The summed E-state index contributed by atoms with van der Waals surface area (Å²) in [5.41, 5.74) is 1.79. The molecule has 0 unspecified atom stereocenters. The Morgan fingerprint density at radius 1 is 1.33 bits per heavy atom. The number of benzene rings is 1. The van der Waals surface area contributed by atoms with Crippen LogP contribution in [0.4, 0.5) is 16.6 Å². The van der Waals surface area contributed by atoms with Crippen LogP contribution < -0.4 is 5.32 Å². The van der Waals surface area contributed by atoms with Crippen molar-refractivity contribution in [2.24, 2.45) is 0 Å². The fraction of sp³-hybridized carbons (Fsp3) is 0.0769. The van der Waals surface area contributed by atoms with Crippen molar-refractivity contribution in [3.63, 3.8) is 0 Å². The summed E-state index contributed by atoms with van der Waals surface area (Å²) in [4.78, 5) is 18.2. The van der Waals surface area contributed by atoms with Crippen LogP contribution in [0.3, 0.4) is 0 Å². The Bertz CT molecular complexity index is 753. The smallest absolute Gasteiger partial charge is 0.358 e. The molecular weight excluding hydrogens is 290 g/mol. The number of nitrogens with zero attached hydrogens (tertiary/aromatic N) is 4. The number of nitrogens with one attached hydrogen (secondary N) is 1. The number of hydrogen-bond donors (Lipinski definition) is 1. The van der Waals surface area contributed by atoms with Crippen molar-refractivity contribution >= 4 is 28.0 Å². The molecule has 21 heavy (non-hydrogen) atoms. The highest BCUT2D eigenvalue weighted by Crippen LogP contribution is 2.21. The molecule has 0 saturated carbocycles. The van der Waals surface area contributed by atoms with E-state index in [0.717, 1.165) is 16.5 Å². The first-order valence-electron chi connectivity index (χ1n) is 6.13. The van der Waals surface area contributed by atoms with E-state index in [9.17, 15) is 10.1 Å². The minimum Gasteiger partial charge on any atom is -0.358 e. The van der Waals surface area contributed by atoms with Crippen molar-refractivity contribution in [1.82, 2.24) is 14.5 Å². The van der Waals surface area contributed by atoms with E-state index in [-0.39, 0.29) is 5.82 Å². The molecule has 106 valence electrons. The first-order valence-corrected chi connectivity index (χ1v) is 7.01. The standard InChI is InChI=1S/C13H11N5O2S/c19-18(20)12-7-17(9-14-12)6-11-8-21-13(16-11)15-10-4-2-1-3-5-10/h1-5,7-9H,6H2,(H,15,16). The average molecular weight is 301 g/mol. The summed E-state index contributed by atoms with van der Waals surface area (Å²) in [6.07, 6.45) is 2.82. The lowest BCUT2D eigenvalue weighted by Gasteiger charge is -2.00. The third-order valence-electron chi connectivity index (χ3n) is 2.73. The normalized spacial score (nSPS) is 10.5. The molecule has 0 aliphatic carbocycles. The van der Waals surface area contributed by atoms with Crippen LogP contribution in [0.1, 0.15) is 5.69 Å². The zero-order valence-corrected chi connectivity index (χ0v) is 11.7. The monoisotopic (exact) mass is 301 g/mol. The number of para-hydroxylation sites is 1. The summed E-state index contributed by atoms with van der Waals surface area (Å²) in [6, 6.07) is 9.76. The molecule has 0 fully saturated rings. The first kappa shape index (κ1) is 13.3. The van der Waals surface area contributed by atoms with Crippen molar-refractivity contribution in [3.8, 4) is 0 Å². The Balaban J connectivity index is 1.68. The van der Waals surface area contributed by atoms with Crippen molar-refractivity contribution in [2.45, 2.75) is 6.54 Å². The van der Waals surface area contributed by atoms with Crippen LogP contribution in [0, 0.1) is 10.1 Å². The topological polar surface area (TPSA) is 85.9 Å². The van der Waals surface area contributed by atoms with Gasteiger partial charge in [0.2, 0.25) is 6.33 Å². The summed E-state index contributed by atoms with van der Waals surface area (Å²) < 4.78 is 1.64. The number of aromatic nitrogens is 3. The molecule has 8 heteroatoms. The van der Waals surface area contributed by atoms with Gasteiger partial charge in [-0.1, -0.05) is 18.2 Å². The quantitative estimate of drug-likeness (QED) is 0.578. The number of hydrogen-bond acceptors (Lipinski definition) is 6. The SMILES string of the molecule is O=[N+]([O-])c1cn(Cc2csc(Nc3ccccc3)n2)cn1. The Hall–Kier alpha value is -2.74. The summed E-state index contributed by atoms with van der Waals surface area (Å²) in [6.45, 7) is 0.452. The second-order valence-electron chi connectivity index (χ2n) is 4.30. The summed E-state index contributed by atoms with van der Waals surface area (Å²) in [7, 11) is 0. The van der Waals surface area contributed by atoms with Gasteiger partial charge in [-0.3, -0.25) is 0 Å². The molecule has 1 aromatic carbocycles. The van der Waals surface area contributed by atoms with E-state index >= 15 is 0 Å². The van der Waals surface area contributed by atoms with Crippen molar-refractivity contribution in [3.05, 3.63) is 64.0 Å². The van der Waals surface area contributed by atoms with Gasteiger partial charge in [0.15, 0.2) is 5.13 Å². The van der Waals surface area contributed by atoms with Crippen LogP contribution in [0.5, 0.6) is 0 Å². The van der Waals surface area contributed by atoms with Crippen LogP contribution in [0.2, 0.25) is 0 Å². The van der Waals surface area contributed by atoms with E-state index in [1.54, 1.807) is 4.57 Å². The molecule has 3 rings (SSSR count). The Kier molecular flexibility index (Phi) is 3.61. The van der Waals surface area contributed by atoms with E-state index in [1.807, 2.05) is 35.7 Å². The Morgan fingerprint density at radius 2 is 2.14 bits per heavy atom.